The number of hydrogen-bond donors (Lipinski definition) is 0. The summed E-state index contributed by atoms with van der Waals surface area (Å²) in [7, 11) is 4.28. The van der Waals surface area contributed by atoms with Gasteiger partial charge in [-0.1, -0.05) is 119 Å². The monoisotopic (exact) mass is 457 g/mol. The maximum atomic E-state index is 2.56. The number of benzene rings is 2. The normalized spacial score (nSPS) is 17.3. The summed E-state index contributed by atoms with van der Waals surface area (Å²) < 4.78 is 0. The van der Waals surface area contributed by atoms with Gasteiger partial charge < -0.3 is 4.90 Å². The van der Waals surface area contributed by atoms with Gasteiger partial charge in [-0.25, -0.2) is 0 Å². The second-order valence-electron chi connectivity index (χ2n) is 10.5. The first-order chi connectivity index (χ1) is 16.5. The number of aryl methyl sites for hydroxylation is 1. The van der Waals surface area contributed by atoms with Crippen molar-refractivity contribution in [3.8, 4) is 0 Å². The van der Waals surface area contributed by atoms with Crippen LogP contribution in [0.3, 0.4) is 0 Å². The third-order valence-electron chi connectivity index (χ3n) is 7.58. The lowest BCUT2D eigenvalue weighted by Crippen LogP contribution is -2.17. The van der Waals surface area contributed by atoms with E-state index >= 15 is 0 Å². The molecule has 2 aromatic carbocycles. The molecule has 0 N–H and O–H groups in total. The minimum atomic E-state index is 0.491. The lowest BCUT2D eigenvalue weighted by molar-refractivity contribution is 0.442. The second-order valence-corrected chi connectivity index (χ2v) is 10.5. The van der Waals surface area contributed by atoms with Crippen molar-refractivity contribution in [1.29, 1.82) is 0 Å². The molecule has 0 bridgehead atoms. The highest BCUT2D eigenvalue weighted by atomic mass is 15.1. The predicted octanol–water partition coefficient (Wildman–Crippen LogP) is 9.39. The van der Waals surface area contributed by atoms with E-state index in [1.165, 1.54) is 79.3 Å². The Morgan fingerprint density at radius 1 is 0.824 bits per heavy atom. The van der Waals surface area contributed by atoms with Gasteiger partial charge in [0.2, 0.25) is 0 Å². The molecule has 1 aliphatic carbocycles. The maximum Gasteiger partial charge on any atom is 0.0317 e. The molecule has 3 rings (SSSR count). The number of rotatable bonds is 13. The number of allylic oxidation sites excluding steroid dienone is 3. The quantitative estimate of drug-likeness (QED) is 0.271. The van der Waals surface area contributed by atoms with E-state index < -0.39 is 0 Å². The fraction of sp³-hybridized carbons (Fsp3) is 0.515. The molecular formula is C33H47N. The summed E-state index contributed by atoms with van der Waals surface area (Å²) in [5, 5.41) is 0. The largest absolute Gasteiger partial charge is 0.378 e. The Bertz CT molecular complexity index is 918. The molecule has 1 nitrogen and oxygen atoms in total. The van der Waals surface area contributed by atoms with Gasteiger partial charge >= 0.3 is 0 Å². The Labute approximate surface area is 210 Å². The molecule has 2 aromatic rings. The highest BCUT2D eigenvalue weighted by Crippen LogP contribution is 2.38. The fourth-order valence-electron chi connectivity index (χ4n) is 5.43. The number of unbranched alkanes of at least 4 members (excludes halogenated alkanes) is 4. The van der Waals surface area contributed by atoms with Gasteiger partial charge in [0.1, 0.15) is 0 Å². The first kappa shape index (κ1) is 26.3. The van der Waals surface area contributed by atoms with E-state index in [9.17, 15) is 0 Å². The van der Waals surface area contributed by atoms with Gasteiger partial charge in [-0.15, -0.1) is 0 Å². The molecule has 0 heterocycles. The van der Waals surface area contributed by atoms with Crippen LogP contribution in [0.25, 0.3) is 0 Å². The van der Waals surface area contributed by atoms with Crippen molar-refractivity contribution in [1.82, 2.24) is 4.90 Å². The summed E-state index contributed by atoms with van der Waals surface area (Å²) >= 11 is 0. The van der Waals surface area contributed by atoms with Crippen molar-refractivity contribution in [2.45, 2.75) is 90.4 Å². The summed E-state index contributed by atoms with van der Waals surface area (Å²) in [5.74, 6) is 1.68. The van der Waals surface area contributed by atoms with E-state index in [2.05, 4.69) is 107 Å². The van der Waals surface area contributed by atoms with Gasteiger partial charge in [-0.05, 0) is 60.8 Å². The van der Waals surface area contributed by atoms with Crippen LogP contribution in [0.1, 0.15) is 106 Å². The summed E-state index contributed by atoms with van der Waals surface area (Å²) in [5.41, 5.74) is 7.19. The molecule has 1 heteroatoms. The van der Waals surface area contributed by atoms with Gasteiger partial charge in [-0.2, -0.15) is 0 Å². The molecule has 184 valence electrons. The van der Waals surface area contributed by atoms with Crippen molar-refractivity contribution < 1.29 is 0 Å². The lowest BCUT2D eigenvalue weighted by Gasteiger charge is -2.29. The minimum Gasteiger partial charge on any atom is -0.378 e. The molecule has 0 amide bonds. The number of nitrogens with zero attached hydrogens (tertiary/aromatic N) is 1. The zero-order valence-corrected chi connectivity index (χ0v) is 22.4. The van der Waals surface area contributed by atoms with Crippen molar-refractivity contribution in [2.75, 3.05) is 14.1 Å². The van der Waals surface area contributed by atoms with Crippen molar-refractivity contribution in [3.63, 3.8) is 0 Å². The maximum absolute atomic E-state index is 2.56. The van der Waals surface area contributed by atoms with Crippen molar-refractivity contribution in [2.24, 2.45) is 5.92 Å². The lowest BCUT2D eigenvalue weighted by atomic mass is 9.77. The molecule has 34 heavy (non-hydrogen) atoms. The highest BCUT2D eigenvalue weighted by molar-refractivity contribution is 5.38. The fourth-order valence-corrected chi connectivity index (χ4v) is 5.43. The third kappa shape index (κ3) is 7.36. The number of hydrogen-bond acceptors (Lipinski definition) is 1. The van der Waals surface area contributed by atoms with Gasteiger partial charge in [-0.3, -0.25) is 0 Å². The third-order valence-corrected chi connectivity index (χ3v) is 7.58. The number of likely N-dealkylation sites (N-methyl/N-ethyl adjacent to an activating group) is 1. The Hall–Kier alpha value is -2.28. The molecule has 0 fully saturated rings. The van der Waals surface area contributed by atoms with E-state index in [1.807, 2.05) is 0 Å². The van der Waals surface area contributed by atoms with Gasteiger partial charge in [0.05, 0.1) is 0 Å². The van der Waals surface area contributed by atoms with Crippen LogP contribution in [-0.4, -0.2) is 19.0 Å². The molecule has 0 saturated heterocycles. The van der Waals surface area contributed by atoms with E-state index in [4.69, 9.17) is 0 Å². The van der Waals surface area contributed by atoms with Gasteiger partial charge in [0, 0.05) is 25.7 Å². The predicted molar refractivity (Wildman–Crippen MR) is 150 cm³/mol. The average molecular weight is 458 g/mol. The smallest absolute Gasteiger partial charge is 0.0317 e. The van der Waals surface area contributed by atoms with Gasteiger partial charge in [0.25, 0.3) is 0 Å². The zero-order chi connectivity index (χ0) is 24.3. The molecule has 3 atom stereocenters. The molecule has 0 aliphatic heterocycles. The van der Waals surface area contributed by atoms with Crippen molar-refractivity contribution >= 4 is 0 Å². The van der Waals surface area contributed by atoms with Crippen LogP contribution in [0, 0.1) is 12.8 Å². The van der Waals surface area contributed by atoms with Crippen LogP contribution in [0.5, 0.6) is 0 Å². The summed E-state index contributed by atoms with van der Waals surface area (Å²) in [6.45, 7) is 6.80. The minimum absolute atomic E-state index is 0.491. The molecule has 3 unspecified atom stereocenters. The molecule has 0 saturated carbocycles. The topological polar surface area (TPSA) is 3.24 Å². The molecule has 1 aliphatic rings. The van der Waals surface area contributed by atoms with Crippen LogP contribution in [0.15, 0.2) is 72.5 Å². The second kappa shape index (κ2) is 13.6. The molecule has 0 spiro atoms. The Kier molecular flexibility index (Phi) is 10.5. The first-order valence-corrected chi connectivity index (χ1v) is 13.8. The van der Waals surface area contributed by atoms with Gasteiger partial charge in [0.15, 0.2) is 0 Å². The van der Waals surface area contributed by atoms with Crippen LogP contribution >= 0.6 is 0 Å². The van der Waals surface area contributed by atoms with Crippen LogP contribution in [-0.2, 0) is 0 Å². The Balaban J connectivity index is 1.89. The average Bonchev–Trinajstić information content (AvgIpc) is 2.85. The van der Waals surface area contributed by atoms with E-state index in [0.717, 1.165) is 6.42 Å². The Morgan fingerprint density at radius 2 is 1.50 bits per heavy atom. The summed E-state index contributed by atoms with van der Waals surface area (Å²) in [6, 6.07) is 18.9. The van der Waals surface area contributed by atoms with Crippen LogP contribution in [0.4, 0.5) is 0 Å². The van der Waals surface area contributed by atoms with E-state index in [1.54, 1.807) is 0 Å². The zero-order valence-electron chi connectivity index (χ0n) is 22.4. The standard InChI is InChI=1S/C33H47N/c1-6-8-10-15-32(27-19-17-26(3)18-20-27)29-13-12-14-30(25-29)33(16-11-9-7-2)28-21-23-31(24-22-28)34(4)5/h12-14,17-21,23-25,28,32-33H,6-11,15-16,22H2,1-5H3. The molecule has 0 radical (unpaired) electrons. The molecular weight excluding hydrogens is 410 g/mol. The SMILES string of the molecule is CCCCCC(c1ccc(C)cc1)c1cccc(C(CCCCC)C2C=CC(N(C)C)=CC2)c1. The van der Waals surface area contributed by atoms with Crippen molar-refractivity contribution in [3.05, 3.63) is 94.7 Å². The van der Waals surface area contributed by atoms with E-state index in [-0.39, 0.29) is 0 Å². The molecule has 0 aromatic heterocycles. The van der Waals surface area contributed by atoms with Crippen LogP contribution in [0.2, 0.25) is 0 Å². The van der Waals surface area contributed by atoms with Crippen LogP contribution < -0.4 is 0 Å². The van der Waals surface area contributed by atoms with E-state index in [0.29, 0.717) is 17.8 Å². The first-order valence-electron chi connectivity index (χ1n) is 13.8. The Morgan fingerprint density at radius 3 is 2.12 bits per heavy atom. The summed E-state index contributed by atoms with van der Waals surface area (Å²) in [6.07, 6.45) is 18.7. The summed E-state index contributed by atoms with van der Waals surface area (Å²) in [4.78, 5) is 2.22. The highest BCUT2D eigenvalue weighted by Gasteiger charge is 2.24.